The van der Waals surface area contributed by atoms with Gasteiger partial charge >= 0.3 is 0 Å². The molecule has 2 aromatic carbocycles. The molecule has 1 heterocycles. The third-order valence-corrected chi connectivity index (χ3v) is 6.01. The Kier molecular flexibility index (Phi) is 3.05. The molecule has 1 aromatic heterocycles. The number of benzene rings is 2. The largest absolute Gasteiger partial charge is 0.233 e. The van der Waals surface area contributed by atoms with Crippen LogP contribution in [0.25, 0.3) is 10.2 Å². The van der Waals surface area contributed by atoms with Gasteiger partial charge in [-0.05, 0) is 30.3 Å². The van der Waals surface area contributed by atoms with Crippen LogP contribution in [0.5, 0.6) is 0 Å². The Morgan fingerprint density at radius 2 is 1.79 bits per heavy atom. The third-order valence-electron chi connectivity index (χ3n) is 2.61. The zero-order valence-corrected chi connectivity index (χ0v) is 12.0. The van der Waals surface area contributed by atoms with Gasteiger partial charge in [-0.3, -0.25) is 0 Å². The Morgan fingerprint density at radius 3 is 2.53 bits per heavy atom. The van der Waals surface area contributed by atoms with Gasteiger partial charge in [0.25, 0.3) is 0 Å². The first-order chi connectivity index (χ1) is 9.07. The first-order valence-corrected chi connectivity index (χ1v) is 8.11. The average Bonchev–Trinajstić information content (AvgIpc) is 2.83. The lowest BCUT2D eigenvalue weighted by Gasteiger charge is -1.98. The molecular weight excluding hydrogens is 302 g/mol. The molecule has 0 fully saturated rings. The Bertz CT molecular complexity index is 841. The van der Waals surface area contributed by atoms with Crippen molar-refractivity contribution in [3.05, 3.63) is 53.6 Å². The Morgan fingerprint density at radius 1 is 1.05 bits per heavy atom. The minimum Gasteiger partial charge on any atom is -0.225 e. The lowest BCUT2D eigenvalue weighted by Crippen LogP contribution is -2.00. The number of thiazole rings is 1. The molecule has 0 aliphatic rings. The summed E-state index contributed by atoms with van der Waals surface area (Å²) in [6.45, 7) is 0. The summed E-state index contributed by atoms with van der Waals surface area (Å²) in [5, 5.41) is 0.569. The van der Waals surface area contributed by atoms with Crippen LogP contribution in [0.3, 0.4) is 0 Å². The van der Waals surface area contributed by atoms with E-state index in [1.807, 2.05) is 0 Å². The normalized spacial score (nSPS) is 11.8. The summed E-state index contributed by atoms with van der Waals surface area (Å²) in [5.41, 5.74) is 0.643. The van der Waals surface area contributed by atoms with Crippen LogP contribution in [0, 0.1) is 0 Å². The maximum Gasteiger partial charge on any atom is 0.233 e. The number of aromatic nitrogens is 1. The van der Waals surface area contributed by atoms with Crippen molar-refractivity contribution in [2.24, 2.45) is 0 Å². The highest BCUT2D eigenvalue weighted by Gasteiger charge is 2.21. The quantitative estimate of drug-likeness (QED) is 0.723. The van der Waals surface area contributed by atoms with E-state index < -0.39 is 9.84 Å². The molecule has 0 bridgehead atoms. The number of hydrogen-bond donors (Lipinski definition) is 0. The second-order valence-electron chi connectivity index (χ2n) is 3.91. The van der Waals surface area contributed by atoms with Gasteiger partial charge in [0.15, 0.2) is 0 Å². The molecule has 0 saturated carbocycles. The van der Waals surface area contributed by atoms with E-state index in [4.69, 9.17) is 11.6 Å². The van der Waals surface area contributed by atoms with Gasteiger partial charge in [-0.1, -0.05) is 29.8 Å². The van der Waals surface area contributed by atoms with Crippen molar-refractivity contribution in [1.29, 1.82) is 0 Å². The van der Waals surface area contributed by atoms with Crippen LogP contribution in [0.2, 0.25) is 5.02 Å². The van der Waals surface area contributed by atoms with E-state index in [2.05, 4.69) is 4.98 Å². The fourth-order valence-corrected chi connectivity index (χ4v) is 4.60. The van der Waals surface area contributed by atoms with E-state index in [-0.39, 0.29) is 9.24 Å². The van der Waals surface area contributed by atoms with E-state index in [9.17, 15) is 8.42 Å². The number of nitrogens with zero attached hydrogens (tertiary/aromatic N) is 1. The highest BCUT2D eigenvalue weighted by molar-refractivity contribution is 7.93. The molecule has 3 nitrogen and oxygen atoms in total. The van der Waals surface area contributed by atoms with Gasteiger partial charge in [0.1, 0.15) is 0 Å². The lowest BCUT2D eigenvalue weighted by atomic mass is 10.3. The molecule has 0 radical (unpaired) electrons. The van der Waals surface area contributed by atoms with Crippen LogP contribution in [0.15, 0.2) is 57.8 Å². The second kappa shape index (κ2) is 4.59. The van der Waals surface area contributed by atoms with E-state index >= 15 is 0 Å². The molecule has 0 amide bonds. The predicted molar refractivity (Wildman–Crippen MR) is 76.5 cm³/mol. The Hall–Kier alpha value is -1.43. The number of sulfone groups is 1. The van der Waals surface area contributed by atoms with Crippen LogP contribution in [0.4, 0.5) is 0 Å². The number of hydrogen-bond acceptors (Lipinski definition) is 4. The van der Waals surface area contributed by atoms with Gasteiger partial charge in [0.05, 0.1) is 15.1 Å². The maximum absolute atomic E-state index is 12.4. The fourth-order valence-electron chi connectivity index (χ4n) is 1.69. The summed E-state index contributed by atoms with van der Waals surface area (Å²) >= 11 is 7.02. The summed E-state index contributed by atoms with van der Waals surface area (Å²) in [6, 6.07) is 13.4. The van der Waals surface area contributed by atoms with E-state index in [1.165, 1.54) is 0 Å². The molecule has 6 heteroatoms. The highest BCUT2D eigenvalue weighted by atomic mass is 35.5. The van der Waals surface area contributed by atoms with Crippen molar-refractivity contribution in [1.82, 2.24) is 4.98 Å². The number of fused-ring (bicyclic) bond motifs is 1. The maximum atomic E-state index is 12.4. The van der Waals surface area contributed by atoms with E-state index in [0.717, 1.165) is 16.0 Å². The SMILES string of the molecule is O=S(=O)(c1ccccc1)c1nc2ccc(Cl)cc2s1. The molecule has 0 atom stereocenters. The van der Waals surface area contributed by atoms with Crippen molar-refractivity contribution < 1.29 is 8.42 Å². The van der Waals surface area contributed by atoms with Crippen LogP contribution in [0.1, 0.15) is 0 Å². The average molecular weight is 310 g/mol. The molecule has 0 saturated heterocycles. The molecule has 0 N–H and O–H groups in total. The Balaban J connectivity index is 2.19. The van der Waals surface area contributed by atoms with Crippen molar-refractivity contribution in [2.75, 3.05) is 0 Å². The minimum atomic E-state index is -3.55. The summed E-state index contributed by atoms with van der Waals surface area (Å²) in [4.78, 5) is 4.42. The first kappa shape index (κ1) is 12.6. The van der Waals surface area contributed by atoms with Gasteiger partial charge in [0.2, 0.25) is 14.2 Å². The molecule has 0 unspecified atom stereocenters. The molecule has 0 spiro atoms. The smallest absolute Gasteiger partial charge is 0.225 e. The van der Waals surface area contributed by atoms with Crippen molar-refractivity contribution >= 4 is 43.0 Å². The zero-order chi connectivity index (χ0) is 13.5. The molecular formula is C13H8ClNO2S2. The topological polar surface area (TPSA) is 47.0 Å². The standard InChI is InChI=1S/C13H8ClNO2S2/c14-9-6-7-11-12(8-9)18-13(15-11)19(16,17)10-4-2-1-3-5-10/h1-8H. The van der Waals surface area contributed by atoms with Crippen LogP contribution in [-0.4, -0.2) is 13.4 Å². The van der Waals surface area contributed by atoms with Crippen LogP contribution >= 0.6 is 22.9 Å². The molecule has 0 aliphatic carbocycles. The fraction of sp³-hybridized carbons (Fsp3) is 0. The van der Waals surface area contributed by atoms with Gasteiger partial charge in [-0.2, -0.15) is 0 Å². The number of rotatable bonds is 2. The van der Waals surface area contributed by atoms with Crippen LogP contribution < -0.4 is 0 Å². The van der Waals surface area contributed by atoms with Crippen molar-refractivity contribution in [3.8, 4) is 0 Å². The zero-order valence-electron chi connectivity index (χ0n) is 9.58. The summed E-state index contributed by atoms with van der Waals surface area (Å²) in [5.74, 6) is 0. The van der Waals surface area contributed by atoms with Crippen LogP contribution in [-0.2, 0) is 9.84 Å². The van der Waals surface area contributed by atoms with Gasteiger partial charge in [0, 0.05) is 5.02 Å². The predicted octanol–water partition coefficient (Wildman–Crippen LogP) is 3.78. The molecule has 3 rings (SSSR count). The van der Waals surface area contributed by atoms with Crippen molar-refractivity contribution in [2.45, 2.75) is 9.24 Å². The van der Waals surface area contributed by atoms with Gasteiger partial charge in [-0.15, -0.1) is 11.3 Å². The van der Waals surface area contributed by atoms with Gasteiger partial charge < -0.3 is 0 Å². The molecule has 96 valence electrons. The lowest BCUT2D eigenvalue weighted by molar-refractivity contribution is 0.595. The second-order valence-corrected chi connectivity index (χ2v) is 7.50. The monoisotopic (exact) mass is 309 g/mol. The summed E-state index contributed by atoms with van der Waals surface area (Å²) in [7, 11) is -3.55. The summed E-state index contributed by atoms with van der Waals surface area (Å²) < 4.78 is 25.7. The van der Waals surface area contributed by atoms with E-state index in [1.54, 1.807) is 48.5 Å². The molecule has 19 heavy (non-hydrogen) atoms. The molecule has 3 aromatic rings. The number of halogens is 1. The van der Waals surface area contributed by atoms with E-state index in [0.29, 0.717) is 10.5 Å². The molecule has 0 aliphatic heterocycles. The summed E-state index contributed by atoms with van der Waals surface area (Å²) in [6.07, 6.45) is 0. The minimum absolute atomic E-state index is 0.0935. The van der Waals surface area contributed by atoms with Crippen molar-refractivity contribution in [3.63, 3.8) is 0 Å². The Labute approximate surface area is 119 Å². The first-order valence-electron chi connectivity index (χ1n) is 5.43. The highest BCUT2D eigenvalue weighted by Crippen LogP contribution is 2.31. The van der Waals surface area contributed by atoms with Gasteiger partial charge in [-0.25, -0.2) is 13.4 Å². The third kappa shape index (κ3) is 2.25.